The maximum absolute atomic E-state index is 9.19. The lowest BCUT2D eigenvalue weighted by atomic mass is 10.1. The third-order valence-electron chi connectivity index (χ3n) is 3.47. The Morgan fingerprint density at radius 1 is 1.38 bits per heavy atom. The van der Waals surface area contributed by atoms with Crippen molar-refractivity contribution in [2.75, 3.05) is 5.73 Å². The highest BCUT2D eigenvalue weighted by Gasteiger charge is 2.29. The van der Waals surface area contributed by atoms with Crippen molar-refractivity contribution in [3.63, 3.8) is 0 Å². The first-order chi connectivity index (χ1) is 10.2. The fourth-order valence-corrected chi connectivity index (χ4v) is 3.06. The number of hydrogen-bond acceptors (Lipinski definition) is 5. The number of aryl methyl sites for hydroxylation is 1. The molecule has 0 bridgehead atoms. The van der Waals surface area contributed by atoms with Gasteiger partial charge in [-0.1, -0.05) is 41.6 Å². The Morgan fingerprint density at radius 2 is 2.19 bits per heavy atom. The van der Waals surface area contributed by atoms with E-state index in [9.17, 15) is 5.26 Å². The molecule has 0 radical (unpaired) electrons. The number of aromatic nitrogens is 2. The van der Waals surface area contributed by atoms with E-state index in [0.29, 0.717) is 22.5 Å². The van der Waals surface area contributed by atoms with Gasteiger partial charge in [0.25, 0.3) is 0 Å². The van der Waals surface area contributed by atoms with Crippen LogP contribution in [0.25, 0.3) is 0 Å². The average molecular weight is 296 g/mol. The fourth-order valence-electron chi connectivity index (χ4n) is 2.26. The van der Waals surface area contributed by atoms with Crippen LogP contribution in [-0.4, -0.2) is 9.97 Å². The van der Waals surface area contributed by atoms with Gasteiger partial charge in [-0.05, 0) is 25.3 Å². The first-order valence-corrected chi connectivity index (χ1v) is 7.92. The van der Waals surface area contributed by atoms with E-state index in [1.807, 2.05) is 0 Å². The molecule has 1 aliphatic rings. The number of thioether (sulfide) groups is 1. The largest absolute Gasteiger partial charge is 0.382 e. The Morgan fingerprint density at radius 3 is 2.86 bits per heavy atom. The summed E-state index contributed by atoms with van der Waals surface area (Å²) in [6.45, 7) is 2.08. The Balaban J connectivity index is 1.81. The summed E-state index contributed by atoms with van der Waals surface area (Å²) in [5.41, 5.74) is 9.67. The molecule has 3 rings (SSSR count). The summed E-state index contributed by atoms with van der Waals surface area (Å²) in [6, 6.07) is 10.5. The molecular weight excluding hydrogens is 280 g/mol. The summed E-state index contributed by atoms with van der Waals surface area (Å²) in [6.07, 6.45) is 2.18. The number of hydrogen-bond donors (Lipinski definition) is 1. The third kappa shape index (κ3) is 3.17. The van der Waals surface area contributed by atoms with Crippen LogP contribution in [0.4, 0.5) is 5.82 Å². The van der Waals surface area contributed by atoms with Gasteiger partial charge in [-0.25, -0.2) is 9.97 Å². The number of benzene rings is 1. The lowest BCUT2D eigenvalue weighted by Gasteiger charge is -2.07. The molecular formula is C16H16N4S. The van der Waals surface area contributed by atoms with Gasteiger partial charge < -0.3 is 5.73 Å². The minimum absolute atomic E-state index is 0.307. The van der Waals surface area contributed by atoms with E-state index in [1.54, 1.807) is 11.8 Å². The monoisotopic (exact) mass is 296 g/mol. The smallest absolute Gasteiger partial charge is 0.190 e. The number of anilines is 1. The van der Waals surface area contributed by atoms with Crippen molar-refractivity contribution in [2.24, 2.45) is 0 Å². The summed E-state index contributed by atoms with van der Waals surface area (Å²) in [5, 5.41) is 9.85. The van der Waals surface area contributed by atoms with Crippen LogP contribution in [0.1, 0.15) is 41.1 Å². The highest BCUT2D eigenvalue weighted by molar-refractivity contribution is 7.98. The van der Waals surface area contributed by atoms with Crippen molar-refractivity contribution >= 4 is 17.6 Å². The second-order valence-corrected chi connectivity index (χ2v) is 6.26. The van der Waals surface area contributed by atoms with Crippen LogP contribution in [0.15, 0.2) is 29.4 Å². The van der Waals surface area contributed by atoms with Gasteiger partial charge in [0.05, 0.1) is 5.69 Å². The van der Waals surface area contributed by atoms with Crippen LogP contribution in [0.3, 0.4) is 0 Å². The first kappa shape index (κ1) is 13.9. The Bertz CT molecular complexity index is 717. The van der Waals surface area contributed by atoms with Gasteiger partial charge in [-0.2, -0.15) is 5.26 Å². The van der Waals surface area contributed by atoms with Gasteiger partial charge >= 0.3 is 0 Å². The number of nitriles is 1. The normalized spacial score (nSPS) is 13.9. The van der Waals surface area contributed by atoms with Crippen molar-refractivity contribution in [2.45, 2.75) is 36.6 Å². The van der Waals surface area contributed by atoms with Crippen LogP contribution in [0, 0.1) is 18.3 Å². The SMILES string of the molecule is Cc1cccc(CSc2nc(N)c(C#N)c(C3CC3)n2)c1. The van der Waals surface area contributed by atoms with Crippen molar-refractivity contribution in [1.29, 1.82) is 5.26 Å². The Hall–Kier alpha value is -2.06. The maximum atomic E-state index is 9.19. The lowest BCUT2D eigenvalue weighted by Crippen LogP contribution is -2.04. The maximum Gasteiger partial charge on any atom is 0.190 e. The minimum Gasteiger partial charge on any atom is -0.382 e. The summed E-state index contributed by atoms with van der Waals surface area (Å²) in [7, 11) is 0. The van der Waals surface area contributed by atoms with E-state index in [1.165, 1.54) is 11.1 Å². The second kappa shape index (κ2) is 5.74. The first-order valence-electron chi connectivity index (χ1n) is 6.93. The summed E-state index contributed by atoms with van der Waals surface area (Å²) in [4.78, 5) is 8.81. The molecule has 0 saturated heterocycles. The fraction of sp³-hybridized carbons (Fsp3) is 0.312. The Kier molecular flexibility index (Phi) is 3.80. The molecule has 1 fully saturated rings. The van der Waals surface area contributed by atoms with Gasteiger partial charge in [0.15, 0.2) is 5.16 Å². The Labute approximate surface area is 128 Å². The van der Waals surface area contributed by atoms with Gasteiger partial charge in [-0.3, -0.25) is 0 Å². The van der Waals surface area contributed by atoms with Gasteiger partial charge in [0.1, 0.15) is 17.5 Å². The molecule has 1 heterocycles. The summed E-state index contributed by atoms with van der Waals surface area (Å²) in [5.74, 6) is 1.50. The van der Waals surface area contributed by atoms with Crippen molar-refractivity contribution < 1.29 is 0 Å². The van der Waals surface area contributed by atoms with E-state index < -0.39 is 0 Å². The number of nitrogens with two attached hydrogens (primary N) is 1. The highest BCUT2D eigenvalue weighted by atomic mass is 32.2. The van der Waals surface area contributed by atoms with Gasteiger partial charge in [-0.15, -0.1) is 0 Å². The molecule has 1 aromatic heterocycles. The molecule has 1 aliphatic carbocycles. The van der Waals surface area contributed by atoms with Crippen molar-refractivity contribution in [3.8, 4) is 6.07 Å². The zero-order valence-electron chi connectivity index (χ0n) is 11.8. The van der Waals surface area contributed by atoms with Crippen LogP contribution >= 0.6 is 11.8 Å². The van der Waals surface area contributed by atoms with Crippen LogP contribution in [-0.2, 0) is 5.75 Å². The zero-order valence-corrected chi connectivity index (χ0v) is 12.7. The topological polar surface area (TPSA) is 75.6 Å². The predicted octanol–water partition coefficient (Wildman–Crippen LogP) is 3.41. The molecule has 0 spiro atoms. The standard InChI is InChI=1S/C16H16N4S/c1-10-3-2-4-11(7-10)9-21-16-19-14(12-5-6-12)13(8-17)15(18)20-16/h2-4,7,12H,5-6,9H2,1H3,(H2,18,19,20). The summed E-state index contributed by atoms with van der Waals surface area (Å²) < 4.78 is 0. The molecule has 21 heavy (non-hydrogen) atoms. The molecule has 0 aliphatic heterocycles. The summed E-state index contributed by atoms with van der Waals surface area (Å²) >= 11 is 1.56. The molecule has 106 valence electrons. The number of nitrogen functional groups attached to an aromatic ring is 1. The van der Waals surface area contributed by atoms with Crippen LogP contribution in [0.2, 0.25) is 0 Å². The number of rotatable bonds is 4. The molecule has 0 unspecified atom stereocenters. The second-order valence-electron chi connectivity index (χ2n) is 5.32. The van der Waals surface area contributed by atoms with Crippen molar-refractivity contribution in [1.82, 2.24) is 9.97 Å². The van der Waals surface area contributed by atoms with E-state index >= 15 is 0 Å². The predicted molar refractivity (Wildman–Crippen MR) is 83.9 cm³/mol. The molecule has 2 aromatic rings. The van der Waals surface area contributed by atoms with E-state index in [4.69, 9.17) is 5.73 Å². The molecule has 0 amide bonds. The van der Waals surface area contributed by atoms with Crippen LogP contribution < -0.4 is 5.73 Å². The minimum atomic E-state index is 0.307. The highest BCUT2D eigenvalue weighted by Crippen LogP contribution is 2.42. The third-order valence-corrected chi connectivity index (χ3v) is 4.39. The molecule has 4 nitrogen and oxygen atoms in total. The van der Waals surface area contributed by atoms with Crippen molar-refractivity contribution in [3.05, 3.63) is 46.6 Å². The van der Waals surface area contributed by atoms with E-state index in [2.05, 4.69) is 47.2 Å². The quantitative estimate of drug-likeness (QED) is 0.691. The number of nitrogens with zero attached hydrogens (tertiary/aromatic N) is 3. The van der Waals surface area contributed by atoms with Crippen LogP contribution in [0.5, 0.6) is 0 Å². The molecule has 1 aromatic carbocycles. The molecule has 2 N–H and O–H groups in total. The molecule has 1 saturated carbocycles. The average Bonchev–Trinajstić information content (AvgIpc) is 3.29. The van der Waals surface area contributed by atoms with Gasteiger partial charge in [0.2, 0.25) is 0 Å². The lowest BCUT2D eigenvalue weighted by molar-refractivity contribution is 0.881. The van der Waals surface area contributed by atoms with E-state index in [0.717, 1.165) is 24.3 Å². The van der Waals surface area contributed by atoms with E-state index in [-0.39, 0.29) is 0 Å². The van der Waals surface area contributed by atoms with Gasteiger partial charge in [0, 0.05) is 11.7 Å². The zero-order chi connectivity index (χ0) is 14.8. The molecule has 0 atom stereocenters. The molecule has 5 heteroatoms.